The van der Waals surface area contributed by atoms with Gasteiger partial charge < -0.3 is 5.21 Å². The number of nitrogens with one attached hydrogen (secondary N) is 1. The number of hydrogen-bond acceptors (Lipinski definition) is 2. The van der Waals surface area contributed by atoms with E-state index in [9.17, 15) is 0 Å². The molecule has 0 aliphatic rings. The second-order valence-electron chi connectivity index (χ2n) is 3.64. The standard InChI is InChI=1S/C11H17NO/c1-7-5-9(3)11(6-8(7)2)10(4)12-13/h5-6,10,12-13H,1-4H3. The van der Waals surface area contributed by atoms with Gasteiger partial charge in [0.15, 0.2) is 0 Å². The molecule has 1 rings (SSSR count). The fourth-order valence-electron chi connectivity index (χ4n) is 1.52. The van der Waals surface area contributed by atoms with Gasteiger partial charge in [-0.2, -0.15) is 5.48 Å². The molecule has 72 valence electrons. The van der Waals surface area contributed by atoms with Gasteiger partial charge in [-0.15, -0.1) is 0 Å². The number of hydrogen-bond donors (Lipinski definition) is 2. The molecule has 0 aromatic heterocycles. The van der Waals surface area contributed by atoms with Gasteiger partial charge in [0.1, 0.15) is 0 Å². The van der Waals surface area contributed by atoms with E-state index in [4.69, 9.17) is 5.21 Å². The third kappa shape index (κ3) is 2.08. The molecule has 2 N–H and O–H groups in total. The van der Waals surface area contributed by atoms with Crippen molar-refractivity contribution in [2.45, 2.75) is 33.7 Å². The van der Waals surface area contributed by atoms with Crippen molar-refractivity contribution in [3.05, 3.63) is 34.4 Å². The first-order chi connectivity index (χ1) is 6.06. The number of rotatable bonds is 2. The third-order valence-electron chi connectivity index (χ3n) is 2.54. The van der Waals surface area contributed by atoms with Crippen LogP contribution >= 0.6 is 0 Å². The fourth-order valence-corrected chi connectivity index (χ4v) is 1.52. The quantitative estimate of drug-likeness (QED) is 0.684. The highest BCUT2D eigenvalue weighted by atomic mass is 16.5. The lowest BCUT2D eigenvalue weighted by molar-refractivity contribution is 0.133. The van der Waals surface area contributed by atoms with Crippen LogP contribution in [0.4, 0.5) is 0 Å². The summed E-state index contributed by atoms with van der Waals surface area (Å²) in [6.45, 7) is 8.19. The van der Waals surface area contributed by atoms with E-state index in [1.54, 1.807) is 0 Å². The first kappa shape index (κ1) is 10.2. The average Bonchev–Trinajstić information content (AvgIpc) is 2.10. The SMILES string of the molecule is Cc1cc(C)c(C(C)NO)cc1C. The van der Waals surface area contributed by atoms with Crippen LogP contribution in [0.3, 0.4) is 0 Å². The van der Waals surface area contributed by atoms with Crippen LogP contribution in [-0.4, -0.2) is 5.21 Å². The molecule has 0 saturated heterocycles. The van der Waals surface area contributed by atoms with E-state index in [0.717, 1.165) is 5.56 Å². The summed E-state index contributed by atoms with van der Waals surface area (Å²) < 4.78 is 0. The maximum atomic E-state index is 8.82. The molecule has 1 atom stereocenters. The molecule has 0 saturated carbocycles. The summed E-state index contributed by atoms with van der Waals surface area (Å²) in [6, 6.07) is 4.27. The van der Waals surface area contributed by atoms with Crippen LogP contribution in [0.5, 0.6) is 0 Å². The van der Waals surface area contributed by atoms with Gasteiger partial charge in [0, 0.05) is 0 Å². The monoisotopic (exact) mass is 179 g/mol. The molecule has 0 fully saturated rings. The zero-order valence-electron chi connectivity index (χ0n) is 8.68. The van der Waals surface area contributed by atoms with Crippen molar-refractivity contribution in [1.29, 1.82) is 0 Å². The van der Waals surface area contributed by atoms with Crippen LogP contribution in [0, 0.1) is 20.8 Å². The summed E-state index contributed by atoms with van der Waals surface area (Å²) in [7, 11) is 0. The Morgan fingerprint density at radius 2 is 1.62 bits per heavy atom. The molecule has 2 nitrogen and oxygen atoms in total. The molecule has 0 heterocycles. The zero-order valence-corrected chi connectivity index (χ0v) is 8.68. The summed E-state index contributed by atoms with van der Waals surface area (Å²) in [6.07, 6.45) is 0. The smallest absolute Gasteiger partial charge is 0.0543 e. The van der Waals surface area contributed by atoms with E-state index >= 15 is 0 Å². The minimum absolute atomic E-state index is 0.000648. The second-order valence-corrected chi connectivity index (χ2v) is 3.64. The number of benzene rings is 1. The van der Waals surface area contributed by atoms with Gasteiger partial charge in [-0.25, -0.2) is 0 Å². The summed E-state index contributed by atoms with van der Waals surface area (Å²) in [5.74, 6) is 0. The van der Waals surface area contributed by atoms with E-state index in [2.05, 4.69) is 38.4 Å². The minimum atomic E-state index is -0.000648. The van der Waals surface area contributed by atoms with Crippen molar-refractivity contribution in [3.63, 3.8) is 0 Å². The molecule has 0 radical (unpaired) electrons. The first-order valence-electron chi connectivity index (χ1n) is 4.53. The minimum Gasteiger partial charge on any atom is -0.316 e. The lowest BCUT2D eigenvalue weighted by Gasteiger charge is -2.14. The predicted molar refractivity (Wildman–Crippen MR) is 54.0 cm³/mol. The predicted octanol–water partition coefficient (Wildman–Crippen LogP) is 2.65. The van der Waals surface area contributed by atoms with E-state index < -0.39 is 0 Å². The highest BCUT2D eigenvalue weighted by Crippen LogP contribution is 2.20. The third-order valence-corrected chi connectivity index (χ3v) is 2.54. The summed E-state index contributed by atoms with van der Waals surface area (Å²) in [5.41, 5.74) is 7.21. The van der Waals surface area contributed by atoms with E-state index in [-0.39, 0.29) is 6.04 Å². The van der Waals surface area contributed by atoms with Crippen molar-refractivity contribution in [2.24, 2.45) is 0 Å². The Hall–Kier alpha value is -0.860. The van der Waals surface area contributed by atoms with Crippen molar-refractivity contribution >= 4 is 0 Å². The van der Waals surface area contributed by atoms with Crippen LogP contribution in [0.2, 0.25) is 0 Å². The Morgan fingerprint density at radius 1 is 1.08 bits per heavy atom. The number of aryl methyl sites for hydroxylation is 3. The van der Waals surface area contributed by atoms with Gasteiger partial charge in [-0.05, 0) is 49.9 Å². The van der Waals surface area contributed by atoms with Crippen molar-refractivity contribution in [2.75, 3.05) is 0 Å². The van der Waals surface area contributed by atoms with Crippen molar-refractivity contribution in [1.82, 2.24) is 5.48 Å². The van der Waals surface area contributed by atoms with Gasteiger partial charge in [-0.3, -0.25) is 0 Å². The highest BCUT2D eigenvalue weighted by molar-refractivity contribution is 5.37. The average molecular weight is 179 g/mol. The molecule has 0 spiro atoms. The Labute approximate surface area is 79.6 Å². The lowest BCUT2D eigenvalue weighted by atomic mass is 9.97. The van der Waals surface area contributed by atoms with Gasteiger partial charge >= 0.3 is 0 Å². The maximum absolute atomic E-state index is 8.82. The van der Waals surface area contributed by atoms with E-state index in [1.165, 1.54) is 16.7 Å². The molecule has 2 heteroatoms. The topological polar surface area (TPSA) is 32.3 Å². The number of hydroxylamine groups is 1. The second kappa shape index (κ2) is 3.90. The van der Waals surface area contributed by atoms with Crippen molar-refractivity contribution in [3.8, 4) is 0 Å². The summed E-state index contributed by atoms with van der Waals surface area (Å²) in [5, 5.41) is 8.82. The molecule has 0 aliphatic carbocycles. The Morgan fingerprint density at radius 3 is 2.15 bits per heavy atom. The summed E-state index contributed by atoms with van der Waals surface area (Å²) in [4.78, 5) is 0. The molecule has 13 heavy (non-hydrogen) atoms. The van der Waals surface area contributed by atoms with Crippen LogP contribution in [-0.2, 0) is 0 Å². The Kier molecular flexibility index (Phi) is 3.07. The van der Waals surface area contributed by atoms with Crippen molar-refractivity contribution < 1.29 is 5.21 Å². The van der Waals surface area contributed by atoms with Crippen LogP contribution in [0.15, 0.2) is 12.1 Å². The van der Waals surface area contributed by atoms with Crippen LogP contribution in [0.1, 0.15) is 35.2 Å². The lowest BCUT2D eigenvalue weighted by Crippen LogP contribution is -2.14. The maximum Gasteiger partial charge on any atom is 0.0543 e. The molecule has 0 amide bonds. The summed E-state index contributed by atoms with van der Waals surface area (Å²) >= 11 is 0. The normalized spacial score (nSPS) is 13.0. The van der Waals surface area contributed by atoms with Gasteiger partial charge in [-0.1, -0.05) is 12.1 Å². The van der Waals surface area contributed by atoms with Gasteiger partial charge in [0.05, 0.1) is 6.04 Å². The highest BCUT2D eigenvalue weighted by Gasteiger charge is 2.08. The fraction of sp³-hybridized carbons (Fsp3) is 0.455. The molecule has 1 aromatic carbocycles. The molecule has 1 unspecified atom stereocenters. The van der Waals surface area contributed by atoms with Gasteiger partial charge in [0.2, 0.25) is 0 Å². The molecule has 0 bridgehead atoms. The van der Waals surface area contributed by atoms with Crippen LogP contribution in [0.25, 0.3) is 0 Å². The van der Waals surface area contributed by atoms with Gasteiger partial charge in [0.25, 0.3) is 0 Å². The molecular weight excluding hydrogens is 162 g/mol. The Balaban J connectivity index is 3.15. The molecule has 1 aromatic rings. The molecule has 0 aliphatic heterocycles. The van der Waals surface area contributed by atoms with Crippen LogP contribution < -0.4 is 5.48 Å². The van der Waals surface area contributed by atoms with E-state index in [1.807, 2.05) is 6.92 Å². The Bertz CT molecular complexity index is 307. The first-order valence-corrected chi connectivity index (χ1v) is 4.53. The largest absolute Gasteiger partial charge is 0.316 e. The van der Waals surface area contributed by atoms with E-state index in [0.29, 0.717) is 0 Å². The molecular formula is C11H17NO. The zero-order chi connectivity index (χ0) is 10.0.